The van der Waals surface area contributed by atoms with Crippen molar-refractivity contribution < 1.29 is 42.4 Å². The molecule has 4 N–H and O–H groups in total. The zero-order chi connectivity index (χ0) is 16.2. The van der Waals surface area contributed by atoms with Crippen LogP contribution < -0.4 is 10.3 Å². The van der Waals surface area contributed by atoms with Crippen LogP contribution in [0, 0.1) is 0 Å². The van der Waals surface area contributed by atoms with E-state index in [0.29, 0.717) is 0 Å². The predicted octanol–water partition coefficient (Wildman–Crippen LogP) is -1.52. The molecule has 4 aliphatic heterocycles. The van der Waals surface area contributed by atoms with Crippen LogP contribution in [0.2, 0.25) is 0 Å². The SMILES string of the molecule is NC(=O)c1ccc[n+]([C@@H]2O[C@H](CO[PH]34OC(O3)O4)[C@@H](O)[C@H]2O)c1. The van der Waals surface area contributed by atoms with E-state index < -0.39 is 45.1 Å². The van der Waals surface area contributed by atoms with Crippen LogP contribution in [-0.4, -0.2) is 47.5 Å². The second kappa shape index (κ2) is 5.40. The first-order valence-corrected chi connectivity index (χ1v) is 8.60. The summed E-state index contributed by atoms with van der Waals surface area (Å²) in [6.45, 7) is -0.675. The molecule has 4 aliphatic rings. The number of rotatable bonds is 5. The van der Waals surface area contributed by atoms with Gasteiger partial charge in [0.15, 0.2) is 0 Å². The molecule has 4 atom stereocenters. The molecule has 5 rings (SSSR count). The van der Waals surface area contributed by atoms with E-state index in [1.54, 1.807) is 12.3 Å². The number of aromatic nitrogens is 1. The van der Waals surface area contributed by atoms with Gasteiger partial charge in [0, 0.05) is 0 Å². The Labute approximate surface area is 130 Å². The van der Waals surface area contributed by atoms with E-state index >= 15 is 0 Å². The summed E-state index contributed by atoms with van der Waals surface area (Å²) >= 11 is 0. The third kappa shape index (κ3) is 2.53. The minimum atomic E-state index is -2.94. The average Bonchev–Trinajstić information content (AvgIpc) is 2.73. The number of carbonyl (C=O) groups excluding carboxylic acids is 1. The van der Waals surface area contributed by atoms with Crippen LogP contribution in [0.3, 0.4) is 0 Å². The summed E-state index contributed by atoms with van der Waals surface area (Å²) in [4.78, 5) is 11.2. The Morgan fingerprint density at radius 3 is 2.70 bits per heavy atom. The molecule has 4 fully saturated rings. The number of carbonyl (C=O) groups is 1. The van der Waals surface area contributed by atoms with Crippen LogP contribution in [-0.2, 0) is 22.8 Å². The van der Waals surface area contributed by atoms with Gasteiger partial charge in [0.05, 0.1) is 0 Å². The number of pyridine rings is 1. The number of primary amides is 1. The second-order valence-electron chi connectivity index (χ2n) is 5.40. The molecule has 23 heavy (non-hydrogen) atoms. The number of nitrogens with zero attached hydrogens (tertiary/aromatic N) is 1. The first-order chi connectivity index (χ1) is 11.0. The third-order valence-corrected chi connectivity index (χ3v) is 5.85. The molecule has 4 saturated heterocycles. The van der Waals surface area contributed by atoms with Crippen LogP contribution >= 0.6 is 8.17 Å². The van der Waals surface area contributed by atoms with Crippen LogP contribution in [0.15, 0.2) is 24.5 Å². The van der Waals surface area contributed by atoms with Gasteiger partial charge < -0.3 is 0 Å². The Kier molecular flexibility index (Phi) is 3.59. The number of hydrogen-bond acceptors (Lipinski definition) is 8. The summed E-state index contributed by atoms with van der Waals surface area (Å²) in [7, 11) is -2.94. The minimum absolute atomic E-state index is 0.0518. The molecule has 1 aromatic rings. The Hall–Kier alpha value is -1.23. The summed E-state index contributed by atoms with van der Waals surface area (Å²) in [5, 5.41) is 20.3. The van der Waals surface area contributed by atoms with Crippen LogP contribution in [0.1, 0.15) is 16.6 Å². The quantitative estimate of drug-likeness (QED) is 0.432. The molecule has 1 aromatic heterocycles. The molecule has 10 nitrogen and oxygen atoms in total. The molecule has 0 aromatic carbocycles. The van der Waals surface area contributed by atoms with E-state index in [4.69, 9.17) is 28.6 Å². The van der Waals surface area contributed by atoms with Crippen molar-refractivity contribution in [3.63, 3.8) is 0 Å². The Morgan fingerprint density at radius 2 is 2.09 bits per heavy atom. The fourth-order valence-corrected chi connectivity index (χ4v) is 3.91. The predicted molar refractivity (Wildman–Crippen MR) is 72.4 cm³/mol. The van der Waals surface area contributed by atoms with E-state index in [2.05, 4.69) is 0 Å². The van der Waals surface area contributed by atoms with Crippen LogP contribution in [0.25, 0.3) is 0 Å². The Bertz CT molecular complexity index is 628. The fourth-order valence-electron chi connectivity index (χ4n) is 2.58. The van der Waals surface area contributed by atoms with Gasteiger partial charge in [-0.3, -0.25) is 0 Å². The van der Waals surface area contributed by atoms with Gasteiger partial charge >= 0.3 is 130 Å². The van der Waals surface area contributed by atoms with E-state index in [-0.39, 0.29) is 12.2 Å². The molecule has 0 unspecified atom stereocenters. The van der Waals surface area contributed by atoms with E-state index in [0.717, 1.165) is 0 Å². The van der Waals surface area contributed by atoms with Crippen molar-refractivity contribution in [1.29, 1.82) is 0 Å². The molecular weight excluding hydrogens is 331 g/mol. The third-order valence-electron chi connectivity index (χ3n) is 3.88. The molecule has 5 heterocycles. The van der Waals surface area contributed by atoms with Crippen molar-refractivity contribution in [2.24, 2.45) is 5.73 Å². The van der Waals surface area contributed by atoms with Crippen molar-refractivity contribution in [1.82, 2.24) is 0 Å². The maximum absolute atomic E-state index is 11.2. The molecule has 126 valence electrons. The number of aliphatic hydroxyl groups excluding tert-OH is 2. The molecule has 2 bridgehead atoms. The van der Waals surface area contributed by atoms with Crippen molar-refractivity contribution in [3.05, 3.63) is 30.1 Å². The Balaban J connectivity index is 1.44. The maximum atomic E-state index is 11.2. The standard InChI is InChI=1S/C12H15N2O8P/c13-10(17)6-2-1-3-14(4-6)11-9(16)8(15)7(19-11)5-18-23-20-12(21-23)22-23/h1-4,7-9,11-12,15-16,23H,5H2,(H-,13,17)/p+1/t7-,8-,9-,11-/m1/s1. The van der Waals surface area contributed by atoms with Gasteiger partial charge in [0.25, 0.3) is 0 Å². The van der Waals surface area contributed by atoms with Gasteiger partial charge in [0.2, 0.25) is 0 Å². The number of hydrogen-bond donors (Lipinski definition) is 3. The molecule has 0 spiro atoms. The number of nitrogens with two attached hydrogens (primary N) is 1. The van der Waals surface area contributed by atoms with Gasteiger partial charge in [-0.15, -0.1) is 0 Å². The number of amides is 1. The Morgan fingerprint density at radius 1 is 1.35 bits per heavy atom. The fraction of sp³-hybridized carbons (Fsp3) is 0.500. The molecule has 0 radical (unpaired) electrons. The molecule has 11 heteroatoms. The van der Waals surface area contributed by atoms with Gasteiger partial charge in [-0.1, -0.05) is 0 Å². The van der Waals surface area contributed by atoms with E-state index in [1.807, 2.05) is 0 Å². The van der Waals surface area contributed by atoms with Crippen LogP contribution in [0.4, 0.5) is 0 Å². The number of aliphatic hydroxyl groups is 2. The van der Waals surface area contributed by atoms with Crippen molar-refractivity contribution in [2.75, 3.05) is 6.61 Å². The first-order valence-electron chi connectivity index (χ1n) is 6.97. The summed E-state index contributed by atoms with van der Waals surface area (Å²) in [5.41, 5.74) is 5.49. The van der Waals surface area contributed by atoms with E-state index in [9.17, 15) is 15.0 Å². The average molecular weight is 347 g/mol. The summed E-state index contributed by atoms with van der Waals surface area (Å²) in [6, 6.07) is 3.13. The summed E-state index contributed by atoms with van der Waals surface area (Å²) in [6.07, 6.45) is -1.01. The van der Waals surface area contributed by atoms with Crippen molar-refractivity contribution in [2.45, 2.75) is 31.0 Å². The van der Waals surface area contributed by atoms with Crippen LogP contribution in [0.5, 0.6) is 0 Å². The normalized spacial score (nSPS) is 38.4. The number of ether oxygens (including phenoxy) is 1. The van der Waals surface area contributed by atoms with Crippen molar-refractivity contribution in [3.8, 4) is 0 Å². The van der Waals surface area contributed by atoms with Crippen molar-refractivity contribution >= 4 is 14.1 Å². The molecular formula is C12H16N2O8P+. The zero-order valence-electron chi connectivity index (χ0n) is 11.8. The first kappa shape index (κ1) is 15.3. The molecule has 0 aliphatic carbocycles. The topological polar surface area (TPSA) is 134 Å². The zero-order valence-corrected chi connectivity index (χ0v) is 12.8. The van der Waals surface area contributed by atoms with E-state index in [1.165, 1.54) is 16.8 Å². The van der Waals surface area contributed by atoms with Gasteiger partial charge in [-0.2, -0.15) is 0 Å². The second-order valence-corrected chi connectivity index (χ2v) is 7.40. The summed E-state index contributed by atoms with van der Waals surface area (Å²) < 4.78 is 27.8. The summed E-state index contributed by atoms with van der Waals surface area (Å²) in [5.74, 6) is -0.603. The van der Waals surface area contributed by atoms with Gasteiger partial charge in [-0.05, 0) is 0 Å². The monoisotopic (exact) mass is 347 g/mol. The molecule has 0 saturated carbocycles. The van der Waals surface area contributed by atoms with Gasteiger partial charge in [-0.25, -0.2) is 0 Å². The molecule has 1 amide bonds. The van der Waals surface area contributed by atoms with Gasteiger partial charge in [0.1, 0.15) is 0 Å².